The Kier molecular flexibility index (Phi) is 3.54. The molecule has 0 radical (unpaired) electrons. The van der Waals surface area contributed by atoms with Gasteiger partial charge in [0.25, 0.3) is 0 Å². The van der Waals surface area contributed by atoms with Gasteiger partial charge in [-0.2, -0.15) is 0 Å². The minimum atomic E-state index is 0.597. The van der Waals surface area contributed by atoms with Gasteiger partial charge in [0.05, 0.1) is 3.79 Å². The van der Waals surface area contributed by atoms with Gasteiger partial charge >= 0.3 is 0 Å². The number of aromatic nitrogens is 2. The van der Waals surface area contributed by atoms with Crippen LogP contribution in [0, 0.1) is 0 Å². The van der Waals surface area contributed by atoms with E-state index >= 15 is 0 Å². The smallest absolute Gasteiger partial charge is 0.143 e. The van der Waals surface area contributed by atoms with Gasteiger partial charge in [-0.3, -0.25) is 0 Å². The zero-order chi connectivity index (χ0) is 9.97. The van der Waals surface area contributed by atoms with E-state index in [-0.39, 0.29) is 0 Å². The van der Waals surface area contributed by atoms with Gasteiger partial charge in [-0.05, 0) is 27.4 Å². The van der Waals surface area contributed by atoms with Gasteiger partial charge < -0.3 is 0 Å². The molecule has 2 nitrogen and oxygen atoms in total. The third-order valence-electron chi connectivity index (χ3n) is 1.62. The molecule has 0 aromatic carbocycles. The van der Waals surface area contributed by atoms with Crippen molar-refractivity contribution in [2.75, 3.05) is 5.88 Å². The summed E-state index contributed by atoms with van der Waals surface area (Å²) in [7, 11) is 0. The molecule has 0 aliphatic carbocycles. The van der Waals surface area contributed by atoms with Crippen molar-refractivity contribution in [1.82, 2.24) is 10.2 Å². The standard InChI is InChI=1S/C8H6BrClN2S2/c9-7-5(2-4-13-7)8-12-11-6(14-8)1-3-10/h2,4H,1,3H2. The van der Waals surface area contributed by atoms with Crippen LogP contribution < -0.4 is 0 Å². The predicted molar refractivity (Wildman–Crippen MR) is 65.3 cm³/mol. The highest BCUT2D eigenvalue weighted by atomic mass is 79.9. The lowest BCUT2D eigenvalue weighted by molar-refractivity contribution is 0.990. The number of nitrogens with zero attached hydrogens (tertiary/aromatic N) is 2. The quantitative estimate of drug-likeness (QED) is 0.806. The SMILES string of the molecule is ClCCc1nnc(-c2ccsc2Br)s1. The summed E-state index contributed by atoms with van der Waals surface area (Å²) < 4.78 is 1.10. The number of hydrogen-bond acceptors (Lipinski definition) is 4. The highest BCUT2D eigenvalue weighted by molar-refractivity contribution is 9.11. The molecule has 2 heterocycles. The van der Waals surface area contributed by atoms with Crippen molar-refractivity contribution in [3.05, 3.63) is 20.2 Å². The maximum atomic E-state index is 5.63. The molecule has 0 aliphatic heterocycles. The molecule has 0 aliphatic rings. The lowest BCUT2D eigenvalue weighted by Gasteiger charge is -1.88. The van der Waals surface area contributed by atoms with Crippen LogP contribution in [-0.2, 0) is 6.42 Å². The minimum Gasteiger partial charge on any atom is -0.143 e. The van der Waals surface area contributed by atoms with Gasteiger partial charge in [0.15, 0.2) is 0 Å². The Morgan fingerprint density at radius 1 is 1.43 bits per heavy atom. The van der Waals surface area contributed by atoms with Crippen LogP contribution in [0.5, 0.6) is 0 Å². The maximum Gasteiger partial charge on any atom is 0.149 e. The third-order valence-corrected chi connectivity index (χ3v) is 4.52. The second-order valence-electron chi connectivity index (χ2n) is 2.55. The van der Waals surface area contributed by atoms with E-state index < -0.39 is 0 Å². The highest BCUT2D eigenvalue weighted by Gasteiger charge is 2.10. The van der Waals surface area contributed by atoms with E-state index in [0.717, 1.165) is 25.8 Å². The van der Waals surface area contributed by atoms with E-state index in [4.69, 9.17) is 11.6 Å². The summed E-state index contributed by atoms with van der Waals surface area (Å²) in [5, 5.41) is 12.2. The number of alkyl halides is 1. The Labute approximate surface area is 103 Å². The molecule has 0 bridgehead atoms. The fourth-order valence-corrected chi connectivity index (χ4v) is 3.61. The molecule has 0 unspecified atom stereocenters. The monoisotopic (exact) mass is 308 g/mol. The van der Waals surface area contributed by atoms with E-state index in [0.29, 0.717) is 5.88 Å². The Morgan fingerprint density at radius 2 is 2.29 bits per heavy atom. The first-order valence-electron chi connectivity index (χ1n) is 3.93. The van der Waals surface area contributed by atoms with Crippen LogP contribution in [0.2, 0.25) is 0 Å². The van der Waals surface area contributed by atoms with Crippen molar-refractivity contribution >= 4 is 50.2 Å². The molecule has 0 saturated carbocycles. The Hall–Kier alpha value is 0.0300. The first-order chi connectivity index (χ1) is 6.81. The molecule has 2 aromatic rings. The number of hydrogen-bond donors (Lipinski definition) is 0. The van der Waals surface area contributed by atoms with Gasteiger partial charge in [-0.15, -0.1) is 33.1 Å². The zero-order valence-corrected chi connectivity index (χ0v) is 11.0. The molecular weight excluding hydrogens is 304 g/mol. The van der Waals surface area contributed by atoms with Crippen LogP contribution in [-0.4, -0.2) is 16.1 Å². The fraction of sp³-hybridized carbons (Fsp3) is 0.250. The lowest BCUT2D eigenvalue weighted by Crippen LogP contribution is -1.82. The maximum absolute atomic E-state index is 5.63. The van der Waals surface area contributed by atoms with Crippen LogP contribution in [0.3, 0.4) is 0 Å². The second-order valence-corrected chi connectivity index (χ2v) is 6.22. The summed E-state index contributed by atoms with van der Waals surface area (Å²) in [6, 6.07) is 2.04. The molecule has 0 N–H and O–H groups in total. The van der Waals surface area contributed by atoms with E-state index in [1.54, 1.807) is 22.7 Å². The van der Waals surface area contributed by atoms with Crippen LogP contribution in [0.15, 0.2) is 15.2 Å². The minimum absolute atomic E-state index is 0.597. The Morgan fingerprint density at radius 3 is 2.93 bits per heavy atom. The van der Waals surface area contributed by atoms with Crippen molar-refractivity contribution in [3.8, 4) is 10.6 Å². The number of halogens is 2. The molecule has 14 heavy (non-hydrogen) atoms. The Balaban J connectivity index is 2.29. The molecule has 0 fully saturated rings. The van der Waals surface area contributed by atoms with Crippen LogP contribution in [0.25, 0.3) is 10.6 Å². The van der Waals surface area contributed by atoms with Crippen molar-refractivity contribution in [2.24, 2.45) is 0 Å². The average Bonchev–Trinajstić information content (AvgIpc) is 2.74. The first-order valence-corrected chi connectivity index (χ1v) is 6.95. The topological polar surface area (TPSA) is 25.8 Å². The average molecular weight is 310 g/mol. The third kappa shape index (κ3) is 2.16. The highest BCUT2D eigenvalue weighted by Crippen LogP contribution is 2.34. The largest absolute Gasteiger partial charge is 0.149 e. The molecule has 74 valence electrons. The van der Waals surface area contributed by atoms with Gasteiger partial charge in [-0.1, -0.05) is 11.3 Å². The predicted octanol–water partition coefficient (Wildman–Crippen LogP) is 3.81. The molecule has 0 spiro atoms. The van der Waals surface area contributed by atoms with Crippen molar-refractivity contribution in [1.29, 1.82) is 0 Å². The number of rotatable bonds is 3. The number of thiophene rings is 1. The molecule has 0 saturated heterocycles. The molecular formula is C8H6BrClN2S2. The van der Waals surface area contributed by atoms with Crippen LogP contribution in [0.4, 0.5) is 0 Å². The second kappa shape index (κ2) is 4.70. The molecule has 0 atom stereocenters. The summed E-state index contributed by atoms with van der Waals surface area (Å²) in [5.41, 5.74) is 1.12. The van der Waals surface area contributed by atoms with Crippen molar-refractivity contribution in [2.45, 2.75) is 6.42 Å². The van der Waals surface area contributed by atoms with Gasteiger partial charge in [0, 0.05) is 17.9 Å². The summed E-state index contributed by atoms with van der Waals surface area (Å²) in [4.78, 5) is 0. The molecule has 6 heteroatoms. The summed E-state index contributed by atoms with van der Waals surface area (Å²) in [5.74, 6) is 0.597. The van der Waals surface area contributed by atoms with Gasteiger partial charge in [-0.25, -0.2) is 0 Å². The van der Waals surface area contributed by atoms with Crippen molar-refractivity contribution in [3.63, 3.8) is 0 Å². The van der Waals surface area contributed by atoms with E-state index in [2.05, 4.69) is 26.1 Å². The van der Waals surface area contributed by atoms with Crippen LogP contribution in [0.1, 0.15) is 5.01 Å². The first kappa shape index (κ1) is 10.5. The summed E-state index contributed by atoms with van der Waals surface area (Å²) in [6.45, 7) is 0. The normalized spacial score (nSPS) is 10.7. The Bertz CT molecular complexity index is 426. The summed E-state index contributed by atoms with van der Waals surface area (Å²) >= 11 is 12.4. The van der Waals surface area contributed by atoms with E-state index in [1.165, 1.54) is 0 Å². The molecule has 0 amide bonds. The zero-order valence-electron chi connectivity index (χ0n) is 7.04. The van der Waals surface area contributed by atoms with Crippen molar-refractivity contribution < 1.29 is 0 Å². The summed E-state index contributed by atoms with van der Waals surface area (Å²) in [6.07, 6.45) is 0.793. The molecule has 2 rings (SSSR count). The van der Waals surface area contributed by atoms with Crippen LogP contribution >= 0.6 is 50.2 Å². The van der Waals surface area contributed by atoms with Gasteiger partial charge in [0.1, 0.15) is 10.0 Å². The number of aryl methyl sites for hydroxylation is 1. The molecule has 2 aromatic heterocycles. The fourth-order valence-electron chi connectivity index (χ4n) is 0.990. The van der Waals surface area contributed by atoms with E-state index in [9.17, 15) is 0 Å². The van der Waals surface area contributed by atoms with E-state index in [1.807, 2.05) is 11.4 Å². The van der Waals surface area contributed by atoms with Gasteiger partial charge in [0.2, 0.25) is 0 Å². The lowest BCUT2D eigenvalue weighted by atomic mass is 10.4.